The van der Waals surface area contributed by atoms with E-state index in [9.17, 15) is 4.79 Å². The average Bonchev–Trinajstić information content (AvgIpc) is 2.95. The normalized spacial score (nSPS) is 22.4. The quantitative estimate of drug-likeness (QED) is 0.853. The third kappa shape index (κ3) is 2.98. The van der Waals surface area contributed by atoms with Crippen molar-refractivity contribution in [3.8, 4) is 0 Å². The third-order valence-corrected chi connectivity index (χ3v) is 4.22. The first kappa shape index (κ1) is 14.1. The summed E-state index contributed by atoms with van der Waals surface area (Å²) in [4.78, 5) is 12.4. The standard InChI is InChI=1S/C16H24N2O/c1-3-13-8-5-6-9-14(13)12-17-15(19)16(4-2)10-7-11-18-16/h5-6,8-9,18H,3-4,7,10-12H2,1-2H3,(H,17,19). The first-order valence-corrected chi connectivity index (χ1v) is 7.32. The van der Waals surface area contributed by atoms with Gasteiger partial charge in [-0.1, -0.05) is 38.1 Å². The van der Waals surface area contributed by atoms with Gasteiger partial charge in [0.1, 0.15) is 0 Å². The van der Waals surface area contributed by atoms with Crippen LogP contribution in [0.1, 0.15) is 44.2 Å². The molecule has 1 aromatic carbocycles. The van der Waals surface area contributed by atoms with E-state index >= 15 is 0 Å². The molecule has 0 aliphatic carbocycles. The number of hydrogen-bond donors (Lipinski definition) is 2. The lowest BCUT2D eigenvalue weighted by Crippen LogP contribution is -2.52. The monoisotopic (exact) mass is 260 g/mol. The van der Waals surface area contributed by atoms with E-state index in [-0.39, 0.29) is 11.4 Å². The van der Waals surface area contributed by atoms with Crippen molar-refractivity contribution < 1.29 is 4.79 Å². The van der Waals surface area contributed by atoms with Crippen LogP contribution in [0.25, 0.3) is 0 Å². The van der Waals surface area contributed by atoms with Gasteiger partial charge in [0.15, 0.2) is 0 Å². The van der Waals surface area contributed by atoms with Crippen LogP contribution < -0.4 is 10.6 Å². The number of carbonyl (C=O) groups is 1. The number of nitrogens with one attached hydrogen (secondary N) is 2. The molecule has 0 bridgehead atoms. The minimum Gasteiger partial charge on any atom is -0.350 e. The molecule has 0 saturated carbocycles. The maximum absolute atomic E-state index is 12.4. The van der Waals surface area contributed by atoms with Crippen LogP contribution in [0, 0.1) is 0 Å². The smallest absolute Gasteiger partial charge is 0.240 e. The van der Waals surface area contributed by atoms with Crippen LogP contribution in [0.15, 0.2) is 24.3 Å². The molecule has 1 saturated heterocycles. The van der Waals surface area contributed by atoms with Gasteiger partial charge in [-0.3, -0.25) is 4.79 Å². The van der Waals surface area contributed by atoms with E-state index in [0.717, 1.165) is 32.2 Å². The lowest BCUT2D eigenvalue weighted by molar-refractivity contribution is -0.127. The Morgan fingerprint density at radius 1 is 1.32 bits per heavy atom. The molecule has 1 aliphatic rings. The number of benzene rings is 1. The fourth-order valence-electron chi connectivity index (χ4n) is 2.88. The highest BCUT2D eigenvalue weighted by Crippen LogP contribution is 2.23. The predicted molar refractivity (Wildman–Crippen MR) is 77.9 cm³/mol. The zero-order valence-electron chi connectivity index (χ0n) is 12.0. The Labute approximate surface area is 115 Å². The molecule has 2 rings (SSSR count). The van der Waals surface area contributed by atoms with Crippen LogP contribution in [0.3, 0.4) is 0 Å². The second-order valence-electron chi connectivity index (χ2n) is 5.27. The molecule has 1 aromatic rings. The van der Waals surface area contributed by atoms with Crippen molar-refractivity contribution in [2.45, 2.75) is 51.6 Å². The van der Waals surface area contributed by atoms with E-state index in [2.05, 4.69) is 42.7 Å². The second-order valence-corrected chi connectivity index (χ2v) is 5.27. The van der Waals surface area contributed by atoms with E-state index in [1.54, 1.807) is 0 Å². The summed E-state index contributed by atoms with van der Waals surface area (Å²) in [5, 5.41) is 6.48. The summed E-state index contributed by atoms with van der Waals surface area (Å²) in [6, 6.07) is 8.31. The number of amides is 1. The molecular formula is C16H24N2O. The Kier molecular flexibility index (Phi) is 4.59. The number of carbonyl (C=O) groups excluding carboxylic acids is 1. The molecular weight excluding hydrogens is 236 g/mol. The second kappa shape index (κ2) is 6.20. The predicted octanol–water partition coefficient (Wildman–Crippen LogP) is 2.40. The molecule has 104 valence electrons. The molecule has 1 heterocycles. The molecule has 1 aliphatic heterocycles. The Morgan fingerprint density at radius 2 is 2.05 bits per heavy atom. The van der Waals surface area contributed by atoms with Gasteiger partial charge in [-0.25, -0.2) is 0 Å². The van der Waals surface area contributed by atoms with Crippen LogP contribution in [0.4, 0.5) is 0 Å². The number of aryl methyl sites for hydroxylation is 1. The fourth-order valence-corrected chi connectivity index (χ4v) is 2.88. The maximum Gasteiger partial charge on any atom is 0.240 e. The summed E-state index contributed by atoms with van der Waals surface area (Å²) in [7, 11) is 0. The molecule has 1 unspecified atom stereocenters. The molecule has 0 radical (unpaired) electrons. The molecule has 1 fully saturated rings. The van der Waals surface area contributed by atoms with Crippen LogP contribution in [-0.4, -0.2) is 18.0 Å². The Hall–Kier alpha value is -1.35. The molecule has 19 heavy (non-hydrogen) atoms. The SMILES string of the molecule is CCc1ccccc1CNC(=O)C1(CC)CCCN1. The van der Waals surface area contributed by atoms with Crippen molar-refractivity contribution in [1.82, 2.24) is 10.6 Å². The minimum absolute atomic E-state index is 0.151. The largest absolute Gasteiger partial charge is 0.350 e. The zero-order valence-corrected chi connectivity index (χ0v) is 12.0. The number of hydrogen-bond acceptors (Lipinski definition) is 2. The summed E-state index contributed by atoms with van der Waals surface area (Å²) in [6.07, 6.45) is 3.90. The van der Waals surface area contributed by atoms with Gasteiger partial charge < -0.3 is 10.6 Å². The van der Waals surface area contributed by atoms with Crippen molar-refractivity contribution in [1.29, 1.82) is 0 Å². The molecule has 1 atom stereocenters. The van der Waals surface area contributed by atoms with Crippen molar-refractivity contribution in [3.05, 3.63) is 35.4 Å². The summed E-state index contributed by atoms with van der Waals surface area (Å²) in [5.41, 5.74) is 2.21. The topological polar surface area (TPSA) is 41.1 Å². The van der Waals surface area contributed by atoms with Crippen LogP contribution in [-0.2, 0) is 17.8 Å². The van der Waals surface area contributed by atoms with E-state index < -0.39 is 0 Å². The van der Waals surface area contributed by atoms with Gasteiger partial charge in [-0.15, -0.1) is 0 Å². The molecule has 2 N–H and O–H groups in total. The minimum atomic E-state index is -0.332. The Balaban J connectivity index is 2.00. The van der Waals surface area contributed by atoms with Crippen molar-refractivity contribution >= 4 is 5.91 Å². The van der Waals surface area contributed by atoms with E-state index in [1.807, 2.05) is 6.07 Å². The first-order chi connectivity index (χ1) is 9.22. The molecule has 1 amide bonds. The highest BCUT2D eigenvalue weighted by Gasteiger charge is 2.38. The third-order valence-electron chi connectivity index (χ3n) is 4.22. The Bertz CT molecular complexity index is 436. The van der Waals surface area contributed by atoms with E-state index in [4.69, 9.17) is 0 Å². The molecule has 3 heteroatoms. The summed E-state index contributed by atoms with van der Waals surface area (Å²) in [5.74, 6) is 0.151. The highest BCUT2D eigenvalue weighted by atomic mass is 16.2. The average molecular weight is 260 g/mol. The van der Waals surface area contributed by atoms with Gasteiger partial charge in [-0.05, 0) is 43.4 Å². The maximum atomic E-state index is 12.4. The van der Waals surface area contributed by atoms with Crippen LogP contribution in [0.2, 0.25) is 0 Å². The van der Waals surface area contributed by atoms with Crippen molar-refractivity contribution in [3.63, 3.8) is 0 Å². The lowest BCUT2D eigenvalue weighted by atomic mass is 9.93. The number of rotatable bonds is 5. The molecule has 0 aromatic heterocycles. The van der Waals surface area contributed by atoms with Gasteiger partial charge in [0.05, 0.1) is 5.54 Å². The van der Waals surface area contributed by atoms with Gasteiger partial charge in [0.25, 0.3) is 0 Å². The van der Waals surface area contributed by atoms with Crippen LogP contribution >= 0.6 is 0 Å². The van der Waals surface area contributed by atoms with Crippen molar-refractivity contribution in [2.24, 2.45) is 0 Å². The first-order valence-electron chi connectivity index (χ1n) is 7.32. The molecule has 3 nitrogen and oxygen atoms in total. The Morgan fingerprint density at radius 3 is 2.63 bits per heavy atom. The highest BCUT2D eigenvalue weighted by molar-refractivity contribution is 5.86. The van der Waals surface area contributed by atoms with Gasteiger partial charge in [0.2, 0.25) is 5.91 Å². The van der Waals surface area contributed by atoms with Gasteiger partial charge in [0, 0.05) is 6.54 Å². The fraction of sp³-hybridized carbons (Fsp3) is 0.562. The van der Waals surface area contributed by atoms with Gasteiger partial charge in [-0.2, -0.15) is 0 Å². The van der Waals surface area contributed by atoms with Crippen LogP contribution in [0.5, 0.6) is 0 Å². The molecule has 0 spiro atoms. The zero-order chi connectivity index (χ0) is 13.7. The lowest BCUT2D eigenvalue weighted by Gasteiger charge is -2.26. The van der Waals surface area contributed by atoms with E-state index in [1.165, 1.54) is 11.1 Å². The summed E-state index contributed by atoms with van der Waals surface area (Å²) in [6.45, 7) is 5.81. The van der Waals surface area contributed by atoms with Crippen molar-refractivity contribution in [2.75, 3.05) is 6.54 Å². The van der Waals surface area contributed by atoms with E-state index in [0.29, 0.717) is 6.54 Å². The summed E-state index contributed by atoms with van der Waals surface area (Å²) >= 11 is 0. The van der Waals surface area contributed by atoms with Gasteiger partial charge >= 0.3 is 0 Å². The summed E-state index contributed by atoms with van der Waals surface area (Å²) < 4.78 is 0.